The first-order valence-electron chi connectivity index (χ1n) is 7.60. The van der Waals surface area contributed by atoms with E-state index in [2.05, 4.69) is 12.2 Å². The quantitative estimate of drug-likeness (QED) is 0.729. The zero-order valence-corrected chi connectivity index (χ0v) is 12.5. The van der Waals surface area contributed by atoms with Crippen molar-refractivity contribution in [2.45, 2.75) is 39.0 Å². The number of anilines is 2. The summed E-state index contributed by atoms with van der Waals surface area (Å²) < 4.78 is 13.8. The number of amides is 1. The SMILES string of the molecule is CC1CCCC(CCNc2cc(C(N)=O)c(N)cc2F)C1. The van der Waals surface area contributed by atoms with Gasteiger partial charge in [0.25, 0.3) is 5.91 Å². The summed E-state index contributed by atoms with van der Waals surface area (Å²) in [6.45, 7) is 2.98. The van der Waals surface area contributed by atoms with E-state index >= 15 is 0 Å². The Morgan fingerprint density at radius 1 is 1.43 bits per heavy atom. The number of hydrogen-bond acceptors (Lipinski definition) is 3. The molecule has 1 fully saturated rings. The number of primary amides is 1. The molecule has 4 nitrogen and oxygen atoms in total. The third kappa shape index (κ3) is 4.09. The van der Waals surface area contributed by atoms with E-state index in [1.165, 1.54) is 31.7 Å². The molecule has 2 unspecified atom stereocenters. The maximum Gasteiger partial charge on any atom is 0.250 e. The second-order valence-electron chi connectivity index (χ2n) is 6.14. The Morgan fingerprint density at radius 3 is 2.86 bits per heavy atom. The number of rotatable bonds is 5. The summed E-state index contributed by atoms with van der Waals surface area (Å²) in [6.07, 6.45) is 6.12. The molecule has 0 aromatic heterocycles. The molecule has 0 spiro atoms. The van der Waals surface area contributed by atoms with E-state index in [1.807, 2.05) is 0 Å². The average molecular weight is 293 g/mol. The van der Waals surface area contributed by atoms with Crippen LogP contribution >= 0.6 is 0 Å². The van der Waals surface area contributed by atoms with E-state index in [1.54, 1.807) is 0 Å². The molecule has 0 aliphatic heterocycles. The molecule has 116 valence electrons. The van der Waals surface area contributed by atoms with Crippen molar-refractivity contribution < 1.29 is 9.18 Å². The average Bonchev–Trinajstić information content (AvgIpc) is 2.41. The van der Waals surface area contributed by atoms with E-state index in [4.69, 9.17) is 11.5 Å². The molecule has 1 aliphatic carbocycles. The highest BCUT2D eigenvalue weighted by Gasteiger charge is 2.18. The number of nitrogens with one attached hydrogen (secondary N) is 1. The molecule has 0 bridgehead atoms. The lowest BCUT2D eigenvalue weighted by atomic mass is 9.81. The molecular formula is C16H24FN3O. The molecule has 1 aromatic carbocycles. The van der Waals surface area contributed by atoms with Crippen LogP contribution < -0.4 is 16.8 Å². The van der Waals surface area contributed by atoms with Crippen LogP contribution in [0, 0.1) is 17.7 Å². The second-order valence-corrected chi connectivity index (χ2v) is 6.14. The van der Waals surface area contributed by atoms with Gasteiger partial charge in [0.2, 0.25) is 0 Å². The molecule has 1 aromatic rings. The van der Waals surface area contributed by atoms with Gasteiger partial charge in [0.15, 0.2) is 0 Å². The molecule has 1 saturated carbocycles. The number of nitrogen functional groups attached to an aromatic ring is 1. The van der Waals surface area contributed by atoms with Crippen molar-refractivity contribution >= 4 is 17.3 Å². The predicted molar refractivity (Wildman–Crippen MR) is 83.6 cm³/mol. The fourth-order valence-electron chi connectivity index (χ4n) is 3.17. The summed E-state index contributed by atoms with van der Waals surface area (Å²) >= 11 is 0. The van der Waals surface area contributed by atoms with Crippen molar-refractivity contribution in [2.24, 2.45) is 17.6 Å². The third-order valence-electron chi connectivity index (χ3n) is 4.32. The predicted octanol–water partition coefficient (Wildman–Crippen LogP) is 3.14. The highest BCUT2D eigenvalue weighted by atomic mass is 19.1. The Balaban J connectivity index is 1.93. The van der Waals surface area contributed by atoms with Gasteiger partial charge in [-0.1, -0.05) is 26.2 Å². The van der Waals surface area contributed by atoms with Crippen LogP contribution in [0.5, 0.6) is 0 Å². The van der Waals surface area contributed by atoms with E-state index in [0.717, 1.165) is 18.4 Å². The molecule has 0 radical (unpaired) electrons. The summed E-state index contributed by atoms with van der Waals surface area (Å²) in [6, 6.07) is 2.54. The van der Waals surface area contributed by atoms with Gasteiger partial charge in [-0.3, -0.25) is 4.79 Å². The molecule has 0 heterocycles. The van der Waals surface area contributed by atoms with Gasteiger partial charge in [0.1, 0.15) is 5.82 Å². The molecule has 21 heavy (non-hydrogen) atoms. The fraction of sp³-hybridized carbons (Fsp3) is 0.562. The van der Waals surface area contributed by atoms with Crippen LogP contribution in [0.4, 0.5) is 15.8 Å². The zero-order chi connectivity index (χ0) is 15.4. The first-order valence-corrected chi connectivity index (χ1v) is 7.60. The van der Waals surface area contributed by atoms with E-state index in [0.29, 0.717) is 18.2 Å². The van der Waals surface area contributed by atoms with E-state index < -0.39 is 11.7 Å². The Hall–Kier alpha value is -1.78. The van der Waals surface area contributed by atoms with Gasteiger partial charge in [-0.2, -0.15) is 0 Å². The number of halogens is 1. The van der Waals surface area contributed by atoms with Crippen molar-refractivity contribution in [3.63, 3.8) is 0 Å². The summed E-state index contributed by atoms with van der Waals surface area (Å²) in [7, 11) is 0. The zero-order valence-electron chi connectivity index (χ0n) is 12.5. The minimum Gasteiger partial charge on any atom is -0.398 e. The second kappa shape index (κ2) is 6.78. The molecule has 1 amide bonds. The number of carbonyl (C=O) groups is 1. The van der Waals surface area contributed by atoms with Gasteiger partial charge in [0.05, 0.1) is 11.3 Å². The van der Waals surface area contributed by atoms with Crippen molar-refractivity contribution in [3.8, 4) is 0 Å². The van der Waals surface area contributed by atoms with Crippen LogP contribution in [0.25, 0.3) is 0 Å². The minimum atomic E-state index is -0.642. The lowest BCUT2D eigenvalue weighted by molar-refractivity contribution is 0.100. The largest absolute Gasteiger partial charge is 0.398 e. The van der Waals surface area contributed by atoms with E-state index in [-0.39, 0.29) is 11.3 Å². The highest BCUT2D eigenvalue weighted by Crippen LogP contribution is 2.31. The molecule has 2 rings (SSSR count). The first-order chi connectivity index (χ1) is 9.97. The molecular weight excluding hydrogens is 269 g/mol. The summed E-state index contributed by atoms with van der Waals surface area (Å²) in [5.41, 5.74) is 11.3. The van der Waals surface area contributed by atoms with E-state index in [9.17, 15) is 9.18 Å². The van der Waals surface area contributed by atoms with Crippen molar-refractivity contribution in [3.05, 3.63) is 23.5 Å². The van der Waals surface area contributed by atoms with Crippen molar-refractivity contribution in [1.29, 1.82) is 0 Å². The summed E-state index contributed by atoms with van der Waals surface area (Å²) in [4.78, 5) is 11.2. The van der Waals surface area contributed by atoms with Crippen LogP contribution in [0.15, 0.2) is 12.1 Å². The minimum absolute atomic E-state index is 0.0756. The Bertz CT molecular complexity index is 518. The first kappa shape index (κ1) is 15.6. The number of carbonyl (C=O) groups excluding carboxylic acids is 1. The van der Waals surface area contributed by atoms with Gasteiger partial charge in [-0.05, 0) is 36.8 Å². The van der Waals surface area contributed by atoms with Gasteiger partial charge >= 0.3 is 0 Å². The lowest BCUT2D eigenvalue weighted by Crippen LogP contribution is -2.18. The Labute approximate surface area is 125 Å². The number of nitrogens with two attached hydrogens (primary N) is 2. The molecule has 5 N–H and O–H groups in total. The van der Waals surface area contributed by atoms with Crippen LogP contribution in [0.3, 0.4) is 0 Å². The third-order valence-corrected chi connectivity index (χ3v) is 4.32. The molecule has 1 aliphatic rings. The van der Waals surface area contributed by atoms with Crippen LogP contribution in [0.2, 0.25) is 0 Å². The monoisotopic (exact) mass is 293 g/mol. The van der Waals surface area contributed by atoms with Gasteiger partial charge in [-0.25, -0.2) is 4.39 Å². The molecule has 5 heteroatoms. The van der Waals surface area contributed by atoms with Gasteiger partial charge in [0, 0.05) is 12.2 Å². The molecule has 0 saturated heterocycles. The Kier molecular flexibility index (Phi) is 5.04. The van der Waals surface area contributed by atoms with Crippen LogP contribution in [-0.2, 0) is 0 Å². The van der Waals surface area contributed by atoms with Crippen molar-refractivity contribution in [2.75, 3.05) is 17.6 Å². The highest BCUT2D eigenvalue weighted by molar-refractivity contribution is 5.99. The Morgan fingerprint density at radius 2 is 2.19 bits per heavy atom. The standard InChI is InChI=1S/C16H24FN3O/c1-10-3-2-4-11(7-10)5-6-20-15-8-12(16(19)21)14(18)9-13(15)17/h8-11,20H,2-7,18H2,1H3,(H2,19,21). The summed E-state index contributed by atoms with van der Waals surface area (Å²) in [5, 5.41) is 3.06. The fourth-order valence-corrected chi connectivity index (χ4v) is 3.17. The maximum atomic E-state index is 13.8. The summed E-state index contributed by atoms with van der Waals surface area (Å²) in [5.74, 6) is 0.401. The van der Waals surface area contributed by atoms with Crippen molar-refractivity contribution in [1.82, 2.24) is 0 Å². The molecule has 2 atom stereocenters. The number of hydrogen-bond donors (Lipinski definition) is 3. The van der Waals surface area contributed by atoms with Gasteiger partial charge < -0.3 is 16.8 Å². The lowest BCUT2D eigenvalue weighted by Gasteiger charge is -2.26. The van der Waals surface area contributed by atoms with Gasteiger partial charge in [-0.15, -0.1) is 0 Å². The van der Waals surface area contributed by atoms with Crippen LogP contribution in [-0.4, -0.2) is 12.5 Å². The topological polar surface area (TPSA) is 81.1 Å². The smallest absolute Gasteiger partial charge is 0.250 e. The number of benzene rings is 1. The maximum absolute atomic E-state index is 13.8. The normalized spacial score (nSPS) is 22.0. The van der Waals surface area contributed by atoms with Crippen LogP contribution in [0.1, 0.15) is 49.4 Å².